The fourth-order valence-electron chi connectivity index (χ4n) is 1.80. The van der Waals surface area contributed by atoms with E-state index in [0.29, 0.717) is 16.3 Å². The largest absolute Gasteiger partial charge is 0.352 e. The minimum Gasteiger partial charge on any atom is -0.352 e. The highest BCUT2D eigenvalue weighted by molar-refractivity contribution is 7.92. The number of carbonyl (C=O) groups excluding carboxylic acids is 1. The lowest BCUT2D eigenvalue weighted by Crippen LogP contribution is -2.43. The number of nitrogens with zero attached hydrogens (tertiary/aromatic N) is 1. The van der Waals surface area contributed by atoms with Gasteiger partial charge in [0.05, 0.1) is 11.9 Å². The van der Waals surface area contributed by atoms with Crippen LogP contribution in [0.3, 0.4) is 0 Å². The summed E-state index contributed by atoms with van der Waals surface area (Å²) in [6.07, 6.45) is 1.85. The molecule has 1 amide bonds. The van der Waals surface area contributed by atoms with Crippen molar-refractivity contribution >= 4 is 33.2 Å². The molecule has 0 saturated heterocycles. The molecule has 0 aromatic heterocycles. The van der Waals surface area contributed by atoms with Crippen molar-refractivity contribution in [2.24, 2.45) is 0 Å². The number of rotatable bonds is 6. The highest BCUT2D eigenvalue weighted by atomic mass is 35.5. The molecule has 5 nitrogen and oxygen atoms in total. The van der Waals surface area contributed by atoms with Gasteiger partial charge in [-0.3, -0.25) is 9.10 Å². The van der Waals surface area contributed by atoms with E-state index in [4.69, 9.17) is 11.6 Å². The third-order valence-corrected chi connectivity index (χ3v) is 4.75. The van der Waals surface area contributed by atoms with Crippen LogP contribution in [0.2, 0.25) is 5.02 Å². The van der Waals surface area contributed by atoms with E-state index in [9.17, 15) is 13.2 Å². The van der Waals surface area contributed by atoms with Gasteiger partial charge in [-0.25, -0.2) is 8.42 Å². The summed E-state index contributed by atoms with van der Waals surface area (Å²) in [5.41, 5.74) is 1.05. The van der Waals surface area contributed by atoms with E-state index in [1.807, 2.05) is 13.8 Å². The first-order valence-electron chi connectivity index (χ1n) is 6.69. The Kier molecular flexibility index (Phi) is 6.04. The van der Waals surface area contributed by atoms with Crippen molar-refractivity contribution in [3.05, 3.63) is 28.8 Å². The van der Waals surface area contributed by atoms with Crippen LogP contribution in [0.25, 0.3) is 0 Å². The predicted molar refractivity (Wildman–Crippen MR) is 86.3 cm³/mol. The van der Waals surface area contributed by atoms with Crippen molar-refractivity contribution in [2.45, 2.75) is 33.2 Å². The molecule has 0 unspecified atom stereocenters. The van der Waals surface area contributed by atoms with E-state index in [2.05, 4.69) is 5.32 Å². The maximum absolute atomic E-state index is 12.0. The van der Waals surface area contributed by atoms with Crippen LogP contribution in [0.1, 0.15) is 25.8 Å². The minimum atomic E-state index is -3.58. The number of hydrogen-bond donors (Lipinski definition) is 1. The Labute approximate surface area is 131 Å². The average molecular weight is 333 g/mol. The molecule has 0 aliphatic carbocycles. The number of sulfonamides is 1. The van der Waals surface area contributed by atoms with Gasteiger partial charge < -0.3 is 5.32 Å². The lowest BCUT2D eigenvalue weighted by atomic mass is 10.2. The molecule has 1 rings (SSSR count). The van der Waals surface area contributed by atoms with Crippen LogP contribution >= 0.6 is 11.6 Å². The number of benzene rings is 1. The Hall–Kier alpha value is -1.27. The number of carbonyl (C=O) groups is 1. The molecule has 1 N–H and O–H groups in total. The molecule has 0 aliphatic rings. The van der Waals surface area contributed by atoms with Crippen LogP contribution in [0.15, 0.2) is 18.2 Å². The summed E-state index contributed by atoms with van der Waals surface area (Å²) in [5.74, 6) is -0.339. The molecule has 0 aliphatic heterocycles. The van der Waals surface area contributed by atoms with E-state index in [0.717, 1.165) is 17.0 Å². The van der Waals surface area contributed by atoms with Gasteiger partial charge in [-0.05, 0) is 38.0 Å². The molecule has 118 valence electrons. The molecule has 21 heavy (non-hydrogen) atoms. The molecule has 0 radical (unpaired) electrons. The molecule has 0 saturated carbocycles. The second kappa shape index (κ2) is 7.13. The molecule has 7 heteroatoms. The summed E-state index contributed by atoms with van der Waals surface area (Å²) in [4.78, 5) is 12.0. The predicted octanol–water partition coefficient (Wildman–Crippen LogP) is 2.33. The summed E-state index contributed by atoms with van der Waals surface area (Å²) in [6, 6.07) is 4.98. The first-order chi connectivity index (χ1) is 9.66. The number of anilines is 1. The number of amides is 1. The van der Waals surface area contributed by atoms with Crippen molar-refractivity contribution < 1.29 is 13.2 Å². The molecule has 1 aromatic carbocycles. The monoisotopic (exact) mass is 332 g/mol. The zero-order valence-electron chi connectivity index (χ0n) is 12.7. The fraction of sp³-hybridized carbons (Fsp3) is 0.500. The smallest absolute Gasteiger partial charge is 0.240 e. The van der Waals surface area contributed by atoms with Gasteiger partial charge in [0.25, 0.3) is 0 Å². The van der Waals surface area contributed by atoms with E-state index in [-0.39, 0.29) is 18.5 Å². The summed E-state index contributed by atoms with van der Waals surface area (Å²) >= 11 is 6.03. The first-order valence-corrected chi connectivity index (χ1v) is 8.91. The molecule has 1 aromatic rings. The van der Waals surface area contributed by atoms with Crippen molar-refractivity contribution in [3.63, 3.8) is 0 Å². The topological polar surface area (TPSA) is 66.5 Å². The van der Waals surface area contributed by atoms with Crippen LogP contribution < -0.4 is 9.62 Å². The van der Waals surface area contributed by atoms with Gasteiger partial charge in [-0.2, -0.15) is 0 Å². The third-order valence-electron chi connectivity index (χ3n) is 3.22. The second-order valence-electron chi connectivity index (χ2n) is 5.03. The van der Waals surface area contributed by atoms with Crippen molar-refractivity contribution in [1.82, 2.24) is 5.32 Å². The van der Waals surface area contributed by atoms with Crippen LogP contribution in [0.4, 0.5) is 5.69 Å². The lowest BCUT2D eigenvalue weighted by Gasteiger charge is -2.24. The maximum Gasteiger partial charge on any atom is 0.240 e. The number of halogens is 1. The Bertz CT molecular complexity index is 617. The van der Waals surface area contributed by atoms with Crippen molar-refractivity contribution in [1.29, 1.82) is 0 Å². The summed E-state index contributed by atoms with van der Waals surface area (Å²) in [5, 5.41) is 3.22. The van der Waals surface area contributed by atoms with Gasteiger partial charge >= 0.3 is 0 Å². The van der Waals surface area contributed by atoms with Crippen LogP contribution in [-0.2, 0) is 14.8 Å². The van der Waals surface area contributed by atoms with Gasteiger partial charge in [-0.1, -0.05) is 24.6 Å². The second-order valence-corrected chi connectivity index (χ2v) is 7.34. The number of hydrogen-bond acceptors (Lipinski definition) is 3. The van der Waals surface area contributed by atoms with Crippen LogP contribution in [0.5, 0.6) is 0 Å². The van der Waals surface area contributed by atoms with Gasteiger partial charge in [0.15, 0.2) is 0 Å². The van der Waals surface area contributed by atoms with Gasteiger partial charge in [0, 0.05) is 11.1 Å². The summed E-state index contributed by atoms with van der Waals surface area (Å²) < 4.78 is 25.1. The minimum absolute atomic E-state index is 0.000585. The Morgan fingerprint density at radius 1 is 1.43 bits per heavy atom. The standard InChI is InChI=1S/C14H21ClN2O3S/c1-5-10(2)16-14(18)9-17(21(4,19)20)13-8-6-7-12(15)11(13)3/h6-8,10H,5,9H2,1-4H3,(H,16,18)/t10-/m1/s1. The highest BCUT2D eigenvalue weighted by Gasteiger charge is 2.23. The Balaban J connectivity index is 3.09. The van der Waals surface area contributed by atoms with Crippen molar-refractivity contribution in [3.8, 4) is 0 Å². The lowest BCUT2D eigenvalue weighted by molar-refractivity contribution is -0.120. The quantitative estimate of drug-likeness (QED) is 0.869. The van der Waals surface area contributed by atoms with Gasteiger partial charge in [0.1, 0.15) is 6.54 Å². The zero-order valence-corrected chi connectivity index (χ0v) is 14.3. The maximum atomic E-state index is 12.0. The van der Waals surface area contributed by atoms with Gasteiger partial charge in [0.2, 0.25) is 15.9 Å². The summed E-state index contributed by atoms with van der Waals surface area (Å²) in [7, 11) is -3.58. The van der Waals surface area contributed by atoms with Crippen molar-refractivity contribution in [2.75, 3.05) is 17.1 Å². The molecular formula is C14H21ClN2O3S. The number of nitrogens with one attached hydrogen (secondary N) is 1. The Morgan fingerprint density at radius 3 is 2.57 bits per heavy atom. The van der Waals surface area contributed by atoms with Gasteiger partial charge in [-0.15, -0.1) is 0 Å². The van der Waals surface area contributed by atoms with E-state index < -0.39 is 10.0 Å². The molecular weight excluding hydrogens is 312 g/mol. The summed E-state index contributed by atoms with van der Waals surface area (Å²) in [6.45, 7) is 5.28. The fourth-order valence-corrected chi connectivity index (χ4v) is 2.88. The SMILES string of the molecule is CC[C@@H](C)NC(=O)CN(c1cccc(Cl)c1C)S(C)(=O)=O. The molecule has 0 fully saturated rings. The Morgan fingerprint density at radius 2 is 2.05 bits per heavy atom. The highest BCUT2D eigenvalue weighted by Crippen LogP contribution is 2.27. The van der Waals surface area contributed by atoms with Crippen LogP contribution in [0, 0.1) is 6.92 Å². The normalized spacial score (nSPS) is 12.8. The van der Waals surface area contributed by atoms with Crippen LogP contribution in [-0.4, -0.2) is 33.2 Å². The molecule has 1 atom stereocenters. The zero-order chi connectivity index (χ0) is 16.2. The van der Waals surface area contributed by atoms with E-state index in [1.54, 1.807) is 25.1 Å². The molecule has 0 bridgehead atoms. The van der Waals surface area contributed by atoms with E-state index in [1.165, 1.54) is 0 Å². The average Bonchev–Trinajstić information content (AvgIpc) is 2.38. The molecule has 0 spiro atoms. The molecule has 0 heterocycles. The van der Waals surface area contributed by atoms with E-state index >= 15 is 0 Å². The third kappa shape index (κ3) is 4.89. The first kappa shape index (κ1) is 17.8.